The van der Waals surface area contributed by atoms with Crippen LogP contribution in [0.15, 0.2) is 69.1 Å². The van der Waals surface area contributed by atoms with Crippen LogP contribution in [0.25, 0.3) is 11.5 Å². The molecule has 3 aromatic rings. The molecule has 3 rings (SSSR count). The van der Waals surface area contributed by atoms with Gasteiger partial charge in [0.1, 0.15) is 6.26 Å². The van der Waals surface area contributed by atoms with Gasteiger partial charge < -0.3 is 15.1 Å². The molecule has 0 bridgehead atoms. The lowest BCUT2D eigenvalue weighted by molar-refractivity contribution is 0.571. The van der Waals surface area contributed by atoms with Crippen molar-refractivity contribution in [3.63, 3.8) is 0 Å². The van der Waals surface area contributed by atoms with Crippen LogP contribution in [0.2, 0.25) is 0 Å². The van der Waals surface area contributed by atoms with Crippen LogP contribution in [0.5, 0.6) is 0 Å². The number of aromatic nitrogens is 1. The minimum absolute atomic E-state index is 0. The summed E-state index contributed by atoms with van der Waals surface area (Å²) in [6, 6.07) is 14.7. The number of benzene rings is 2. The summed E-state index contributed by atoms with van der Waals surface area (Å²) in [6.07, 6.45) is 1.60. The average molecular weight is 569 g/mol. The molecule has 10 heteroatoms. The van der Waals surface area contributed by atoms with Gasteiger partial charge in [-0.25, -0.2) is 18.1 Å². The first-order chi connectivity index (χ1) is 14.9. The van der Waals surface area contributed by atoms with Crippen LogP contribution < -0.4 is 15.4 Å². The molecule has 0 aliphatic carbocycles. The minimum Gasteiger partial charge on any atom is -0.444 e. The van der Waals surface area contributed by atoms with Crippen molar-refractivity contribution < 1.29 is 12.8 Å². The van der Waals surface area contributed by atoms with E-state index < -0.39 is 10.0 Å². The summed E-state index contributed by atoms with van der Waals surface area (Å²) in [5.41, 5.74) is 3.83. The van der Waals surface area contributed by atoms with Gasteiger partial charge in [-0.15, -0.1) is 24.0 Å². The third kappa shape index (κ3) is 7.31. The molecule has 32 heavy (non-hydrogen) atoms. The van der Waals surface area contributed by atoms with Crippen LogP contribution in [0.4, 0.5) is 0 Å². The summed E-state index contributed by atoms with van der Waals surface area (Å²) in [5.74, 6) is 1.10. The van der Waals surface area contributed by atoms with Crippen molar-refractivity contribution in [2.75, 3.05) is 20.1 Å². The van der Waals surface area contributed by atoms with E-state index in [9.17, 15) is 8.42 Å². The van der Waals surface area contributed by atoms with Crippen molar-refractivity contribution in [3.8, 4) is 11.5 Å². The van der Waals surface area contributed by atoms with E-state index in [0.29, 0.717) is 24.9 Å². The fraction of sp³-hybridized carbons (Fsp3) is 0.273. The van der Waals surface area contributed by atoms with Gasteiger partial charge in [-0.05, 0) is 38.1 Å². The molecular formula is C22H28IN5O3S. The Balaban J connectivity index is 0.00000363. The van der Waals surface area contributed by atoms with E-state index in [-0.39, 0.29) is 35.4 Å². The molecule has 0 fully saturated rings. The van der Waals surface area contributed by atoms with Crippen LogP contribution >= 0.6 is 24.0 Å². The summed E-state index contributed by atoms with van der Waals surface area (Å²) in [5, 5.41) is 6.21. The lowest BCUT2D eigenvalue weighted by atomic mass is 10.1. The van der Waals surface area contributed by atoms with Gasteiger partial charge in [-0.1, -0.05) is 35.4 Å². The topological polar surface area (TPSA) is 109 Å². The number of oxazole rings is 1. The van der Waals surface area contributed by atoms with E-state index in [1.54, 1.807) is 37.6 Å². The van der Waals surface area contributed by atoms with Gasteiger partial charge in [0, 0.05) is 25.7 Å². The summed E-state index contributed by atoms with van der Waals surface area (Å²) in [4.78, 5) is 8.87. The molecule has 0 saturated carbocycles. The fourth-order valence-corrected chi connectivity index (χ4v) is 3.81. The molecule has 0 radical (unpaired) electrons. The Kier molecular flexibility index (Phi) is 9.66. The lowest BCUT2D eigenvalue weighted by Crippen LogP contribution is -2.41. The molecule has 0 atom stereocenters. The number of nitrogens with one attached hydrogen (secondary N) is 3. The van der Waals surface area contributed by atoms with Crippen molar-refractivity contribution in [2.45, 2.75) is 25.3 Å². The van der Waals surface area contributed by atoms with Gasteiger partial charge in [-0.2, -0.15) is 0 Å². The van der Waals surface area contributed by atoms with Crippen LogP contribution in [0.1, 0.15) is 16.8 Å². The van der Waals surface area contributed by atoms with Crippen molar-refractivity contribution in [2.24, 2.45) is 4.99 Å². The maximum atomic E-state index is 12.3. The molecule has 172 valence electrons. The van der Waals surface area contributed by atoms with Crippen molar-refractivity contribution in [1.29, 1.82) is 0 Å². The van der Waals surface area contributed by atoms with E-state index in [4.69, 9.17) is 4.42 Å². The Morgan fingerprint density at radius 2 is 1.59 bits per heavy atom. The number of rotatable bonds is 8. The van der Waals surface area contributed by atoms with E-state index in [0.717, 1.165) is 16.8 Å². The highest BCUT2D eigenvalue weighted by Gasteiger charge is 2.13. The highest BCUT2D eigenvalue weighted by molar-refractivity contribution is 14.0. The van der Waals surface area contributed by atoms with E-state index >= 15 is 0 Å². The zero-order valence-electron chi connectivity index (χ0n) is 18.3. The molecule has 0 unspecified atom stereocenters. The number of hydrogen-bond acceptors (Lipinski definition) is 5. The Hall–Kier alpha value is -2.44. The van der Waals surface area contributed by atoms with Crippen LogP contribution in [0, 0.1) is 13.8 Å². The maximum absolute atomic E-state index is 12.3. The average Bonchev–Trinajstić information content (AvgIpc) is 3.23. The maximum Gasteiger partial charge on any atom is 0.240 e. The number of nitrogens with zero attached hydrogens (tertiary/aromatic N) is 2. The molecule has 0 spiro atoms. The predicted molar refractivity (Wildman–Crippen MR) is 137 cm³/mol. The summed E-state index contributed by atoms with van der Waals surface area (Å²) in [6.45, 7) is 4.95. The second kappa shape index (κ2) is 12.0. The standard InChI is InChI=1S/C22H27N5O3S.HI/c1-16-4-8-18(9-5-16)21-27-19(15-30-21)14-25-22(23-3)24-12-13-26-31(28,29)20-10-6-17(2)7-11-20;/h4-11,15,26H,12-14H2,1-3H3,(H2,23,24,25);1H. The molecule has 0 amide bonds. The molecule has 0 aliphatic heterocycles. The number of sulfonamides is 1. The van der Waals surface area contributed by atoms with Gasteiger partial charge in [0.2, 0.25) is 15.9 Å². The molecule has 8 nitrogen and oxygen atoms in total. The zero-order valence-corrected chi connectivity index (χ0v) is 21.4. The number of guanidine groups is 1. The Labute approximate surface area is 206 Å². The first-order valence-corrected chi connectivity index (χ1v) is 11.4. The monoisotopic (exact) mass is 569 g/mol. The van der Waals surface area contributed by atoms with Crippen molar-refractivity contribution >= 4 is 40.0 Å². The van der Waals surface area contributed by atoms with Gasteiger partial charge in [0.05, 0.1) is 17.1 Å². The Morgan fingerprint density at radius 3 is 2.22 bits per heavy atom. The second-order valence-corrected chi connectivity index (χ2v) is 8.84. The lowest BCUT2D eigenvalue weighted by Gasteiger charge is -2.11. The smallest absolute Gasteiger partial charge is 0.240 e. The molecule has 3 N–H and O–H groups in total. The molecule has 0 saturated heterocycles. The first-order valence-electron chi connectivity index (χ1n) is 9.90. The number of aryl methyl sites for hydroxylation is 2. The third-order valence-corrected chi connectivity index (χ3v) is 6.03. The molecule has 1 heterocycles. The van der Waals surface area contributed by atoms with Crippen LogP contribution in [-0.2, 0) is 16.6 Å². The molecule has 2 aromatic carbocycles. The van der Waals surface area contributed by atoms with E-state index in [2.05, 4.69) is 25.3 Å². The van der Waals surface area contributed by atoms with E-state index in [1.165, 1.54) is 5.56 Å². The normalized spacial score (nSPS) is 11.7. The van der Waals surface area contributed by atoms with Gasteiger partial charge in [0.25, 0.3) is 0 Å². The highest BCUT2D eigenvalue weighted by Crippen LogP contribution is 2.19. The van der Waals surface area contributed by atoms with E-state index in [1.807, 2.05) is 38.1 Å². The van der Waals surface area contributed by atoms with Crippen LogP contribution in [-0.4, -0.2) is 39.5 Å². The third-order valence-electron chi connectivity index (χ3n) is 4.55. The number of aliphatic imine (C=N–C) groups is 1. The summed E-state index contributed by atoms with van der Waals surface area (Å²) < 4.78 is 32.7. The molecular weight excluding hydrogens is 541 g/mol. The predicted octanol–water partition coefficient (Wildman–Crippen LogP) is 3.22. The largest absolute Gasteiger partial charge is 0.444 e. The summed E-state index contributed by atoms with van der Waals surface area (Å²) >= 11 is 0. The summed E-state index contributed by atoms with van der Waals surface area (Å²) in [7, 11) is -1.89. The molecule has 1 aromatic heterocycles. The first kappa shape index (κ1) is 25.8. The number of hydrogen-bond donors (Lipinski definition) is 3. The fourth-order valence-electron chi connectivity index (χ4n) is 2.78. The van der Waals surface area contributed by atoms with Crippen LogP contribution in [0.3, 0.4) is 0 Å². The van der Waals surface area contributed by atoms with Crippen molar-refractivity contribution in [3.05, 3.63) is 71.6 Å². The van der Waals surface area contributed by atoms with Crippen molar-refractivity contribution in [1.82, 2.24) is 20.3 Å². The van der Waals surface area contributed by atoms with Gasteiger partial charge in [0.15, 0.2) is 5.96 Å². The second-order valence-electron chi connectivity index (χ2n) is 7.07. The minimum atomic E-state index is -3.54. The van der Waals surface area contributed by atoms with Gasteiger partial charge >= 0.3 is 0 Å². The van der Waals surface area contributed by atoms with Gasteiger partial charge in [-0.3, -0.25) is 4.99 Å². The Morgan fingerprint density at radius 1 is 0.969 bits per heavy atom. The SMILES string of the molecule is CN=C(NCCNS(=O)(=O)c1ccc(C)cc1)NCc1coc(-c2ccc(C)cc2)n1.I. The molecule has 0 aliphatic rings. The highest BCUT2D eigenvalue weighted by atomic mass is 127. The quantitative estimate of drug-likeness (QED) is 0.167. The number of halogens is 1. The Bertz CT molecular complexity index is 1130. The zero-order chi connectivity index (χ0) is 22.3.